The number of benzene rings is 2. The highest BCUT2D eigenvalue weighted by molar-refractivity contribution is 6.01. The number of hydrogen-bond acceptors (Lipinski definition) is 6. The molecule has 0 aliphatic carbocycles. The van der Waals surface area contributed by atoms with Gasteiger partial charge in [-0.25, -0.2) is 9.59 Å². The zero-order chi connectivity index (χ0) is 22.4. The molecule has 3 rings (SSSR count). The van der Waals surface area contributed by atoms with Crippen molar-refractivity contribution in [3.8, 4) is 0 Å². The van der Waals surface area contributed by atoms with Gasteiger partial charge in [-0.2, -0.15) is 0 Å². The molecule has 1 N–H and O–H groups in total. The van der Waals surface area contributed by atoms with Crippen molar-refractivity contribution < 1.29 is 28.7 Å². The molecule has 0 bridgehead atoms. The van der Waals surface area contributed by atoms with Gasteiger partial charge in [0.2, 0.25) is 11.8 Å². The number of nitrogens with zero attached hydrogens (tertiary/aromatic N) is 1. The predicted molar refractivity (Wildman–Crippen MR) is 113 cm³/mol. The zero-order valence-electron chi connectivity index (χ0n) is 17.4. The maximum Gasteiger partial charge on any atom is 0.337 e. The van der Waals surface area contributed by atoms with Crippen LogP contribution in [0.4, 0.5) is 5.69 Å². The van der Waals surface area contributed by atoms with Crippen LogP contribution < -0.4 is 5.32 Å². The number of carbonyl (C=O) groups excluding carboxylic acids is 4. The molecule has 2 amide bonds. The number of hydrogen-bond donors (Lipinski definition) is 1. The summed E-state index contributed by atoms with van der Waals surface area (Å²) in [4.78, 5) is 50.6. The number of nitrogens with one attached hydrogen (secondary N) is 1. The monoisotopic (exact) mass is 424 g/mol. The first-order valence-corrected chi connectivity index (χ1v) is 9.85. The molecule has 8 heteroatoms. The molecule has 2 aromatic carbocycles. The summed E-state index contributed by atoms with van der Waals surface area (Å²) in [5.74, 6) is -2.25. The fraction of sp³-hybridized carbons (Fsp3) is 0.304. The van der Waals surface area contributed by atoms with Gasteiger partial charge in [-0.05, 0) is 30.2 Å². The number of likely N-dealkylation sites (tertiary alicyclic amines) is 1. The van der Waals surface area contributed by atoms with Gasteiger partial charge < -0.3 is 19.7 Å². The molecule has 0 saturated carbocycles. The van der Waals surface area contributed by atoms with Crippen LogP contribution in [0, 0.1) is 5.92 Å². The largest absolute Gasteiger partial charge is 0.465 e. The molecule has 0 spiro atoms. The fourth-order valence-electron chi connectivity index (χ4n) is 3.49. The van der Waals surface area contributed by atoms with Gasteiger partial charge in [-0.3, -0.25) is 9.59 Å². The molecule has 1 aliphatic rings. The van der Waals surface area contributed by atoms with Crippen LogP contribution in [0.3, 0.4) is 0 Å². The zero-order valence-corrected chi connectivity index (χ0v) is 17.4. The SMILES string of the molecule is COC(=O)c1cc(NC(=O)C2CC(=O)N(CCc3ccccc3)C2)cc(C(=O)OC)c1. The first-order chi connectivity index (χ1) is 14.9. The van der Waals surface area contributed by atoms with Gasteiger partial charge in [-0.15, -0.1) is 0 Å². The maximum atomic E-state index is 12.8. The number of anilines is 1. The molecule has 1 atom stereocenters. The summed E-state index contributed by atoms with van der Waals surface area (Å²) in [7, 11) is 2.44. The van der Waals surface area contributed by atoms with Gasteiger partial charge in [0.05, 0.1) is 31.3 Å². The second-order valence-corrected chi connectivity index (χ2v) is 7.25. The Labute approximate surface area is 180 Å². The molecule has 0 aromatic heterocycles. The highest BCUT2D eigenvalue weighted by atomic mass is 16.5. The summed E-state index contributed by atoms with van der Waals surface area (Å²) in [5, 5.41) is 2.70. The average molecular weight is 424 g/mol. The number of esters is 2. The summed E-state index contributed by atoms with van der Waals surface area (Å²) in [6.45, 7) is 0.856. The number of amides is 2. The van der Waals surface area contributed by atoms with Gasteiger partial charge >= 0.3 is 11.9 Å². The highest BCUT2D eigenvalue weighted by Crippen LogP contribution is 2.22. The second-order valence-electron chi connectivity index (χ2n) is 7.25. The van der Waals surface area contributed by atoms with Crippen LogP contribution in [0.25, 0.3) is 0 Å². The van der Waals surface area contributed by atoms with E-state index < -0.39 is 17.9 Å². The standard InChI is InChI=1S/C23H24N2O6/c1-30-22(28)16-10-17(23(29)31-2)12-19(11-16)24-21(27)18-13-20(26)25(14-18)9-8-15-6-4-3-5-7-15/h3-7,10-12,18H,8-9,13-14H2,1-2H3,(H,24,27). The fourth-order valence-corrected chi connectivity index (χ4v) is 3.49. The van der Waals surface area contributed by atoms with Crippen molar-refractivity contribution in [2.75, 3.05) is 32.6 Å². The minimum absolute atomic E-state index is 0.0744. The van der Waals surface area contributed by atoms with E-state index in [2.05, 4.69) is 5.32 Å². The third-order valence-corrected chi connectivity index (χ3v) is 5.14. The highest BCUT2D eigenvalue weighted by Gasteiger charge is 2.34. The molecule has 1 heterocycles. The summed E-state index contributed by atoms with van der Waals surface area (Å²) in [5.41, 5.74) is 1.59. The molecule has 0 radical (unpaired) electrons. The maximum absolute atomic E-state index is 12.8. The van der Waals surface area contributed by atoms with Crippen molar-refractivity contribution >= 4 is 29.4 Å². The first-order valence-electron chi connectivity index (χ1n) is 9.85. The third-order valence-electron chi connectivity index (χ3n) is 5.14. The van der Waals surface area contributed by atoms with E-state index >= 15 is 0 Å². The lowest BCUT2D eigenvalue weighted by molar-refractivity contribution is -0.128. The summed E-state index contributed by atoms with van der Waals surface area (Å²) < 4.78 is 9.40. The van der Waals surface area contributed by atoms with Crippen LogP contribution in [-0.4, -0.2) is 56.0 Å². The molecule has 1 unspecified atom stereocenters. The van der Waals surface area contributed by atoms with Crippen LogP contribution in [-0.2, 0) is 25.5 Å². The van der Waals surface area contributed by atoms with Gasteiger partial charge in [0.25, 0.3) is 0 Å². The summed E-state index contributed by atoms with van der Waals surface area (Å²) in [6, 6.07) is 14.0. The van der Waals surface area contributed by atoms with E-state index in [-0.39, 0.29) is 35.0 Å². The van der Waals surface area contributed by atoms with Crippen molar-refractivity contribution in [2.24, 2.45) is 5.92 Å². The van der Waals surface area contributed by atoms with E-state index in [0.29, 0.717) is 19.5 Å². The summed E-state index contributed by atoms with van der Waals surface area (Å²) in [6.07, 6.45) is 0.825. The molecule has 1 saturated heterocycles. The van der Waals surface area contributed by atoms with Gasteiger partial charge in [0.1, 0.15) is 0 Å². The normalized spacial score (nSPS) is 15.5. The Morgan fingerprint density at radius 1 is 1.00 bits per heavy atom. The number of rotatable bonds is 7. The average Bonchev–Trinajstić information content (AvgIpc) is 3.17. The van der Waals surface area contributed by atoms with Crippen molar-refractivity contribution in [2.45, 2.75) is 12.8 Å². The van der Waals surface area contributed by atoms with Gasteiger partial charge in [0, 0.05) is 25.2 Å². The molecule has 162 valence electrons. The van der Waals surface area contributed by atoms with E-state index in [1.165, 1.54) is 32.4 Å². The molecular formula is C23H24N2O6. The predicted octanol–water partition coefficient (Wildman–Crippen LogP) is 2.29. The molecule has 2 aromatic rings. The second kappa shape index (κ2) is 9.88. The smallest absolute Gasteiger partial charge is 0.337 e. The van der Waals surface area contributed by atoms with Crippen molar-refractivity contribution in [3.63, 3.8) is 0 Å². The summed E-state index contributed by atoms with van der Waals surface area (Å²) >= 11 is 0. The van der Waals surface area contributed by atoms with Crippen LogP contribution in [0.1, 0.15) is 32.7 Å². The van der Waals surface area contributed by atoms with Crippen LogP contribution >= 0.6 is 0 Å². The molecule has 1 fully saturated rings. The van der Waals surface area contributed by atoms with Crippen molar-refractivity contribution in [3.05, 3.63) is 65.2 Å². The third kappa shape index (κ3) is 5.48. The lowest BCUT2D eigenvalue weighted by Gasteiger charge is -2.17. The lowest BCUT2D eigenvalue weighted by atomic mass is 10.1. The Morgan fingerprint density at radius 2 is 1.61 bits per heavy atom. The van der Waals surface area contributed by atoms with Crippen LogP contribution in [0.15, 0.2) is 48.5 Å². The number of ether oxygens (including phenoxy) is 2. The quantitative estimate of drug-likeness (QED) is 0.685. The Morgan fingerprint density at radius 3 is 2.19 bits per heavy atom. The van der Waals surface area contributed by atoms with Gasteiger partial charge in [0.15, 0.2) is 0 Å². The lowest BCUT2D eigenvalue weighted by Crippen LogP contribution is -2.30. The molecular weight excluding hydrogens is 400 g/mol. The number of methoxy groups -OCH3 is 2. The number of carbonyl (C=O) groups is 4. The topological polar surface area (TPSA) is 102 Å². The minimum atomic E-state index is -0.649. The van der Waals surface area contributed by atoms with E-state index in [1.807, 2.05) is 30.3 Å². The molecule has 31 heavy (non-hydrogen) atoms. The van der Waals surface area contributed by atoms with Crippen molar-refractivity contribution in [1.82, 2.24) is 4.90 Å². The molecule has 8 nitrogen and oxygen atoms in total. The minimum Gasteiger partial charge on any atom is -0.465 e. The Balaban J connectivity index is 1.67. The van der Waals surface area contributed by atoms with Crippen molar-refractivity contribution in [1.29, 1.82) is 0 Å². The van der Waals surface area contributed by atoms with Crippen LogP contribution in [0.2, 0.25) is 0 Å². The Bertz CT molecular complexity index is 955. The van der Waals surface area contributed by atoms with Gasteiger partial charge in [-0.1, -0.05) is 30.3 Å². The van der Waals surface area contributed by atoms with E-state index in [0.717, 1.165) is 5.56 Å². The van der Waals surface area contributed by atoms with E-state index in [1.54, 1.807) is 4.90 Å². The van der Waals surface area contributed by atoms with E-state index in [9.17, 15) is 19.2 Å². The van der Waals surface area contributed by atoms with E-state index in [4.69, 9.17) is 9.47 Å². The molecule has 1 aliphatic heterocycles. The first kappa shape index (κ1) is 22.0. The Kier molecular flexibility index (Phi) is 7.02. The Hall–Kier alpha value is -3.68. The van der Waals surface area contributed by atoms with Crippen LogP contribution in [0.5, 0.6) is 0 Å².